The van der Waals surface area contributed by atoms with Crippen molar-refractivity contribution in [2.75, 3.05) is 12.0 Å². The maximum atomic E-state index is 10.8. The van der Waals surface area contributed by atoms with Gasteiger partial charge in [0.15, 0.2) is 5.84 Å². The minimum Gasteiger partial charge on any atom is -0.409 e. The van der Waals surface area contributed by atoms with Crippen molar-refractivity contribution < 1.29 is 9.42 Å². The number of rotatable bonds is 6. The molecule has 0 rings (SSSR count). The third-order valence-corrected chi connectivity index (χ3v) is 2.74. The van der Waals surface area contributed by atoms with Gasteiger partial charge in [-0.05, 0) is 20.3 Å². The van der Waals surface area contributed by atoms with E-state index in [1.807, 2.05) is 13.8 Å². The largest absolute Gasteiger partial charge is 0.409 e. The van der Waals surface area contributed by atoms with Crippen molar-refractivity contribution in [3.63, 3.8) is 0 Å². The minimum atomic E-state index is -0.764. The molecule has 0 spiro atoms. The zero-order chi connectivity index (χ0) is 11.1. The summed E-state index contributed by atoms with van der Waals surface area (Å²) in [4.78, 5) is 0. The van der Waals surface area contributed by atoms with Crippen molar-refractivity contribution in [3.05, 3.63) is 0 Å². The van der Waals surface area contributed by atoms with Gasteiger partial charge in [-0.2, -0.15) is 0 Å². The van der Waals surface area contributed by atoms with E-state index in [9.17, 15) is 4.21 Å². The van der Waals surface area contributed by atoms with E-state index in [1.54, 1.807) is 6.26 Å². The predicted octanol–water partition coefficient (Wildman–Crippen LogP) is -0.132. The Balaban J connectivity index is 3.82. The lowest BCUT2D eigenvalue weighted by Crippen LogP contribution is -2.43. The van der Waals surface area contributed by atoms with Crippen LogP contribution in [0.2, 0.25) is 0 Å². The molecule has 4 N–H and O–H groups in total. The first-order chi connectivity index (χ1) is 6.47. The summed E-state index contributed by atoms with van der Waals surface area (Å²) in [6, 6.07) is 0.0366. The average Bonchev–Trinajstić information content (AvgIpc) is 2.13. The molecule has 0 aromatic rings. The number of amidine groups is 1. The van der Waals surface area contributed by atoms with Crippen LogP contribution < -0.4 is 11.1 Å². The van der Waals surface area contributed by atoms with Crippen LogP contribution in [-0.4, -0.2) is 39.3 Å². The van der Waals surface area contributed by atoms with Gasteiger partial charge in [-0.1, -0.05) is 5.16 Å². The number of nitrogens with one attached hydrogen (secondary N) is 1. The van der Waals surface area contributed by atoms with Crippen molar-refractivity contribution in [3.8, 4) is 0 Å². The first-order valence-corrected chi connectivity index (χ1v) is 6.23. The second-order valence-electron chi connectivity index (χ2n) is 3.38. The van der Waals surface area contributed by atoms with Crippen LogP contribution in [0.1, 0.15) is 20.3 Å². The number of hydrogen-bond donors (Lipinski definition) is 3. The van der Waals surface area contributed by atoms with Gasteiger partial charge in [0.2, 0.25) is 0 Å². The molecule has 84 valence electrons. The summed E-state index contributed by atoms with van der Waals surface area (Å²) in [6.07, 6.45) is 2.49. The quantitative estimate of drug-likeness (QED) is 0.252. The molecule has 3 unspecified atom stereocenters. The van der Waals surface area contributed by atoms with Gasteiger partial charge in [0.25, 0.3) is 0 Å². The molecule has 5 nitrogen and oxygen atoms in total. The normalized spacial score (nSPS) is 18.9. The smallest absolute Gasteiger partial charge is 0.156 e. The molecule has 0 fully saturated rings. The Bertz CT molecular complexity index is 221. The van der Waals surface area contributed by atoms with Crippen molar-refractivity contribution >= 4 is 16.6 Å². The van der Waals surface area contributed by atoms with Crippen LogP contribution in [0.4, 0.5) is 0 Å². The van der Waals surface area contributed by atoms with Gasteiger partial charge in [-0.3, -0.25) is 4.21 Å². The number of nitrogens with two attached hydrogens (primary N) is 1. The summed E-state index contributed by atoms with van der Waals surface area (Å²) in [5, 5.41) is 14.5. The molecule has 0 aliphatic rings. The Morgan fingerprint density at radius 3 is 2.64 bits per heavy atom. The predicted molar refractivity (Wildman–Crippen MR) is 59.0 cm³/mol. The Hall–Kier alpha value is -0.620. The summed E-state index contributed by atoms with van der Waals surface area (Å²) < 4.78 is 10.8. The molecule has 0 aromatic carbocycles. The third-order valence-electron chi connectivity index (χ3n) is 1.93. The van der Waals surface area contributed by atoms with Crippen molar-refractivity contribution in [1.29, 1.82) is 0 Å². The van der Waals surface area contributed by atoms with Crippen molar-refractivity contribution in [1.82, 2.24) is 5.32 Å². The fourth-order valence-corrected chi connectivity index (χ4v) is 1.71. The van der Waals surface area contributed by atoms with E-state index >= 15 is 0 Å². The lowest BCUT2D eigenvalue weighted by atomic mass is 10.2. The molecular formula is C8H19N3O2S. The highest BCUT2D eigenvalue weighted by Gasteiger charge is 2.11. The highest BCUT2D eigenvalue weighted by Crippen LogP contribution is 1.95. The van der Waals surface area contributed by atoms with E-state index < -0.39 is 10.8 Å². The first kappa shape index (κ1) is 13.4. The molecule has 0 aliphatic heterocycles. The second-order valence-corrected chi connectivity index (χ2v) is 4.93. The summed E-state index contributed by atoms with van der Waals surface area (Å²) in [6.45, 7) is 3.79. The van der Waals surface area contributed by atoms with E-state index in [1.165, 1.54) is 0 Å². The lowest BCUT2D eigenvalue weighted by Gasteiger charge is -2.18. The monoisotopic (exact) mass is 221 g/mol. The van der Waals surface area contributed by atoms with Crippen LogP contribution in [0.25, 0.3) is 0 Å². The molecule has 6 heteroatoms. The molecule has 3 atom stereocenters. The molecule has 0 bridgehead atoms. The van der Waals surface area contributed by atoms with Gasteiger partial charge < -0.3 is 16.3 Å². The third kappa shape index (κ3) is 5.93. The van der Waals surface area contributed by atoms with E-state index in [0.29, 0.717) is 5.75 Å². The average molecular weight is 221 g/mol. The van der Waals surface area contributed by atoms with E-state index in [4.69, 9.17) is 10.9 Å². The van der Waals surface area contributed by atoms with Crippen molar-refractivity contribution in [2.45, 2.75) is 32.4 Å². The Morgan fingerprint density at radius 2 is 2.21 bits per heavy atom. The number of nitrogens with zero attached hydrogens (tertiary/aromatic N) is 1. The molecule has 0 saturated carbocycles. The Labute approximate surface area is 87.2 Å². The molecule has 0 radical (unpaired) electrons. The van der Waals surface area contributed by atoms with E-state index in [0.717, 1.165) is 6.42 Å². The van der Waals surface area contributed by atoms with Crippen LogP contribution in [0.15, 0.2) is 5.16 Å². The summed E-state index contributed by atoms with van der Waals surface area (Å²) in [5.41, 5.74) is 5.40. The number of oxime groups is 1. The first-order valence-electron chi connectivity index (χ1n) is 4.50. The lowest BCUT2D eigenvalue weighted by molar-refractivity contribution is 0.314. The van der Waals surface area contributed by atoms with E-state index in [2.05, 4.69) is 10.5 Å². The van der Waals surface area contributed by atoms with Gasteiger partial charge in [0, 0.05) is 28.9 Å². The Morgan fingerprint density at radius 1 is 1.64 bits per heavy atom. The highest BCUT2D eigenvalue weighted by molar-refractivity contribution is 7.84. The van der Waals surface area contributed by atoms with Crippen LogP contribution in [0, 0.1) is 0 Å². The molecule has 0 aliphatic carbocycles. The van der Waals surface area contributed by atoms with Gasteiger partial charge in [-0.25, -0.2) is 0 Å². The molecular weight excluding hydrogens is 202 g/mol. The fraction of sp³-hybridized carbons (Fsp3) is 0.875. The van der Waals surface area contributed by atoms with Crippen LogP contribution in [0.5, 0.6) is 0 Å². The van der Waals surface area contributed by atoms with Gasteiger partial charge in [-0.15, -0.1) is 0 Å². The maximum Gasteiger partial charge on any atom is 0.156 e. The fourth-order valence-electron chi connectivity index (χ4n) is 1.02. The topological polar surface area (TPSA) is 87.7 Å². The second kappa shape index (κ2) is 6.78. The van der Waals surface area contributed by atoms with E-state index in [-0.39, 0.29) is 17.9 Å². The minimum absolute atomic E-state index is 0.162. The SMILES string of the molecule is CC(CCS(C)=O)NC(C)C(N)=NO. The van der Waals surface area contributed by atoms with Gasteiger partial charge in [0.1, 0.15) is 0 Å². The number of hydrogen-bond acceptors (Lipinski definition) is 4. The molecule has 0 saturated heterocycles. The summed E-state index contributed by atoms with van der Waals surface area (Å²) in [5.74, 6) is 0.825. The highest BCUT2D eigenvalue weighted by atomic mass is 32.2. The van der Waals surface area contributed by atoms with Crippen LogP contribution >= 0.6 is 0 Å². The van der Waals surface area contributed by atoms with Gasteiger partial charge in [0.05, 0.1) is 6.04 Å². The maximum absolute atomic E-state index is 10.8. The molecule has 0 heterocycles. The standard InChI is InChI=1S/C8H19N3O2S/c1-6(4-5-14(3)13)10-7(2)8(9)11-12/h6-7,10,12H,4-5H2,1-3H3,(H2,9,11). The zero-order valence-electron chi connectivity index (χ0n) is 8.86. The molecule has 14 heavy (non-hydrogen) atoms. The van der Waals surface area contributed by atoms with Gasteiger partial charge >= 0.3 is 0 Å². The Kier molecular flexibility index (Phi) is 6.48. The summed E-state index contributed by atoms with van der Waals surface area (Å²) in [7, 11) is -0.764. The molecule has 0 aromatic heterocycles. The van der Waals surface area contributed by atoms with Crippen molar-refractivity contribution in [2.24, 2.45) is 10.9 Å². The van der Waals surface area contributed by atoms with Crippen LogP contribution in [0.3, 0.4) is 0 Å². The molecule has 0 amide bonds. The summed E-state index contributed by atoms with van der Waals surface area (Å²) >= 11 is 0. The van der Waals surface area contributed by atoms with Crippen LogP contribution in [-0.2, 0) is 10.8 Å². The zero-order valence-corrected chi connectivity index (χ0v) is 9.67.